The number of hydrogen-bond donors (Lipinski definition) is 5. The van der Waals surface area contributed by atoms with E-state index in [1.165, 1.54) is 12.1 Å². The summed E-state index contributed by atoms with van der Waals surface area (Å²) >= 11 is 6.22. The molecule has 3 aliphatic heterocycles. The van der Waals surface area contributed by atoms with E-state index in [9.17, 15) is 18.8 Å². The van der Waals surface area contributed by atoms with Crippen molar-refractivity contribution in [1.29, 1.82) is 0 Å². The molecule has 6 heterocycles. The van der Waals surface area contributed by atoms with Crippen molar-refractivity contribution < 1.29 is 32.6 Å². The third-order valence-electron chi connectivity index (χ3n) is 12.4. The van der Waals surface area contributed by atoms with E-state index in [1.807, 2.05) is 41.9 Å². The summed E-state index contributed by atoms with van der Waals surface area (Å²) in [4.78, 5) is 60.3. The van der Waals surface area contributed by atoms with Gasteiger partial charge in [-0.2, -0.15) is 0 Å². The van der Waals surface area contributed by atoms with E-state index in [-0.39, 0.29) is 42.1 Å². The molecular weight excluding hydrogens is 998 g/mol. The Morgan fingerprint density at radius 1 is 0.840 bits per heavy atom. The maximum Gasteiger partial charge on any atom is 0.407 e. The number of anilines is 5. The molecule has 0 unspecified atom stereocenters. The van der Waals surface area contributed by atoms with Crippen molar-refractivity contribution in [3.63, 3.8) is 0 Å². The molecule has 2 aromatic carbocycles. The molecular formula is C54H69ClF2N12O5Si. The van der Waals surface area contributed by atoms with Crippen LogP contribution in [0.25, 0.3) is 17.0 Å². The number of nitrogens with zero attached hydrogens (tertiary/aromatic N) is 7. The summed E-state index contributed by atoms with van der Waals surface area (Å²) in [5.41, 5.74) is 17.2. The number of pyridine rings is 2. The molecule has 0 aliphatic carbocycles. The van der Waals surface area contributed by atoms with Gasteiger partial charge in [0.2, 0.25) is 5.82 Å². The topological polar surface area (TPSA) is 220 Å². The maximum absolute atomic E-state index is 15.4. The first kappa shape index (κ1) is 56.0. The van der Waals surface area contributed by atoms with E-state index in [0.29, 0.717) is 89.9 Å². The highest BCUT2D eigenvalue weighted by Gasteiger charge is 2.29. The van der Waals surface area contributed by atoms with Crippen molar-refractivity contribution in [2.75, 3.05) is 59.0 Å². The van der Waals surface area contributed by atoms with Gasteiger partial charge in [-0.15, -0.1) is 0 Å². The van der Waals surface area contributed by atoms with Crippen LogP contribution in [0, 0.1) is 25.5 Å². The quantitative estimate of drug-likeness (QED) is 0.0399. The number of para-hydroxylation sites is 2. The van der Waals surface area contributed by atoms with E-state index < -0.39 is 31.5 Å². The Morgan fingerprint density at radius 3 is 2.09 bits per heavy atom. The summed E-state index contributed by atoms with van der Waals surface area (Å²) in [5.74, 6) is -1.21. The Balaban J connectivity index is 0.000000236. The number of amides is 3. The number of piperidine rings is 2. The molecule has 400 valence electrons. The summed E-state index contributed by atoms with van der Waals surface area (Å²) in [6.45, 7) is 18.8. The fourth-order valence-corrected chi connectivity index (χ4v) is 9.99. The predicted molar refractivity (Wildman–Crippen MR) is 296 cm³/mol. The van der Waals surface area contributed by atoms with Gasteiger partial charge in [0, 0.05) is 88.1 Å². The van der Waals surface area contributed by atoms with Crippen LogP contribution >= 0.6 is 11.6 Å². The Hall–Kier alpha value is -6.74. The third-order valence-corrected chi connectivity index (χ3v) is 14.3. The number of benzene rings is 2. The van der Waals surface area contributed by atoms with Gasteiger partial charge in [0.15, 0.2) is 0 Å². The number of halogens is 3. The van der Waals surface area contributed by atoms with Gasteiger partial charge in [0.05, 0.1) is 34.1 Å². The van der Waals surface area contributed by atoms with Gasteiger partial charge in [-0.1, -0.05) is 49.5 Å². The van der Waals surface area contributed by atoms with Crippen LogP contribution in [0.3, 0.4) is 0 Å². The molecule has 3 aliphatic rings. The number of ether oxygens (including phenoxy) is 2. The number of nitrogens with two attached hydrogens (primary N) is 2. The number of imidazole rings is 1. The van der Waals surface area contributed by atoms with E-state index in [0.717, 1.165) is 48.7 Å². The number of nitrogen functional groups attached to an aromatic ring is 1. The Morgan fingerprint density at radius 2 is 1.47 bits per heavy atom. The third kappa shape index (κ3) is 15.7. The molecule has 3 amide bonds. The number of hydrogen-bond acceptors (Lipinski definition) is 13. The number of nitrogens with one attached hydrogen (secondary N) is 3. The fourth-order valence-electron chi connectivity index (χ4n) is 8.98. The van der Waals surface area contributed by atoms with Crippen LogP contribution in [0.2, 0.25) is 30.8 Å². The highest BCUT2D eigenvalue weighted by molar-refractivity contribution is 6.76. The number of rotatable bonds is 14. The number of alkyl carbamates (subject to hydrolysis) is 1. The second-order valence-electron chi connectivity index (χ2n) is 21.3. The Bertz CT molecular complexity index is 2920. The minimum Gasteiger partial charge on any atom is -0.444 e. The van der Waals surface area contributed by atoms with Crippen molar-refractivity contribution in [2.24, 2.45) is 10.7 Å². The van der Waals surface area contributed by atoms with Crippen molar-refractivity contribution in [3.05, 3.63) is 112 Å². The molecule has 0 radical (unpaired) electrons. The molecule has 3 aromatic heterocycles. The van der Waals surface area contributed by atoms with Crippen molar-refractivity contribution in [2.45, 2.75) is 117 Å². The number of aryl methyl sites for hydroxylation is 2. The highest BCUT2D eigenvalue weighted by Crippen LogP contribution is 2.34. The lowest BCUT2D eigenvalue weighted by atomic mass is 10.0. The number of carbonyl (C=O) groups excluding carboxylic acids is 3. The Labute approximate surface area is 443 Å². The SMILES string of the molecule is Cc1cc(-c2cn(COCC[Si](C)(C)C)c(C(=O)Nc3cccc(F)c3N3CCC[C@@H](NC(=O)OC(C)(C)C)C3)n2)cc(Cl)n1.Cc1cc(C2=CCC(C(=O)Nc3cccc(F)c3N3CCC[C@@H](N)C3)=N2)cc(N)n1. The molecule has 0 saturated carbocycles. The summed E-state index contributed by atoms with van der Waals surface area (Å²) in [5, 5.41) is 8.95. The molecule has 7 N–H and O–H groups in total. The number of aromatic nitrogens is 4. The molecule has 75 heavy (non-hydrogen) atoms. The van der Waals surface area contributed by atoms with Gasteiger partial charge in [0.1, 0.15) is 40.6 Å². The molecule has 0 bridgehead atoms. The first-order chi connectivity index (χ1) is 35.5. The molecule has 2 saturated heterocycles. The zero-order valence-electron chi connectivity index (χ0n) is 44.0. The lowest BCUT2D eigenvalue weighted by molar-refractivity contribution is -0.110. The zero-order valence-corrected chi connectivity index (χ0v) is 45.8. The minimum atomic E-state index is -1.32. The molecule has 2 fully saturated rings. The summed E-state index contributed by atoms with van der Waals surface area (Å²) in [7, 11) is -1.32. The van der Waals surface area contributed by atoms with Crippen LogP contribution in [0.15, 0.2) is 77.9 Å². The van der Waals surface area contributed by atoms with E-state index >= 15 is 4.39 Å². The molecule has 5 aromatic rings. The standard InChI is InChI=1S/C32H44ClFN6O4Si.C22H25FN6O/c1-21-16-22(17-27(33)35-21)26-19-40(20-43-14-15-45(5,6)7)29(37-26)30(41)38-25-12-8-11-24(34)28(25)39-13-9-10-23(18-39)36-31(42)44-32(2,3)4;1-13-10-14(11-20(25)26-13)17-7-8-19(27-17)22(30)28-18-6-2-5-16(23)21(18)29-9-3-4-15(24)12-29/h8,11-12,16-17,19,23H,9-10,13-15,18,20H2,1-7H3,(H,36,42)(H,38,41);2,5-7,10-11,15H,3-4,8-9,12,24H2,1H3,(H2,25,26)(H,28,30)/t23-;15-/m11/s1. The molecule has 8 rings (SSSR count). The van der Waals surface area contributed by atoms with E-state index in [4.69, 9.17) is 32.5 Å². The molecule has 0 spiro atoms. The monoisotopic (exact) mass is 1070 g/mol. The van der Waals surface area contributed by atoms with E-state index in [1.54, 1.807) is 67.9 Å². The van der Waals surface area contributed by atoms with Crippen LogP contribution in [0.1, 0.15) is 80.4 Å². The fraction of sp³-hybridized carbons (Fsp3) is 0.426. The second kappa shape index (κ2) is 24.3. The maximum atomic E-state index is 15.4. The summed E-state index contributed by atoms with van der Waals surface area (Å²) in [6, 6.07) is 17.1. The largest absolute Gasteiger partial charge is 0.444 e. The lowest BCUT2D eigenvalue weighted by Gasteiger charge is -2.36. The average Bonchev–Trinajstić information content (AvgIpc) is 3.99. The highest BCUT2D eigenvalue weighted by atomic mass is 35.5. The predicted octanol–water partition coefficient (Wildman–Crippen LogP) is 9.97. The lowest BCUT2D eigenvalue weighted by Crippen LogP contribution is -2.49. The molecule has 2 atom stereocenters. The van der Waals surface area contributed by atoms with E-state index in [2.05, 4.69) is 55.5 Å². The van der Waals surface area contributed by atoms with Crippen LogP contribution in [0.4, 0.5) is 42.1 Å². The smallest absolute Gasteiger partial charge is 0.407 e. The van der Waals surface area contributed by atoms with Gasteiger partial charge < -0.3 is 51.3 Å². The van der Waals surface area contributed by atoms with Gasteiger partial charge >= 0.3 is 6.09 Å². The number of allylic oxidation sites excluding steroid dienone is 1. The average molecular weight is 1070 g/mol. The van der Waals surface area contributed by atoms with Gasteiger partial charge in [-0.3, -0.25) is 9.59 Å². The molecule has 21 heteroatoms. The van der Waals surface area contributed by atoms with Crippen LogP contribution in [-0.2, 0) is 21.0 Å². The molecule has 17 nitrogen and oxygen atoms in total. The van der Waals surface area contributed by atoms with Crippen LogP contribution in [-0.4, -0.2) is 102 Å². The number of aliphatic imine (C=N–C) groups is 1. The van der Waals surface area contributed by atoms with Crippen LogP contribution in [0.5, 0.6) is 0 Å². The summed E-state index contributed by atoms with van der Waals surface area (Å²) < 4.78 is 43.1. The summed E-state index contributed by atoms with van der Waals surface area (Å²) in [6.07, 6.45) is 6.74. The van der Waals surface area contributed by atoms with Crippen molar-refractivity contribution in [3.8, 4) is 11.3 Å². The first-order valence-electron chi connectivity index (χ1n) is 25.2. The van der Waals surface area contributed by atoms with Crippen molar-refractivity contribution >= 4 is 77.6 Å². The van der Waals surface area contributed by atoms with Crippen LogP contribution < -0.4 is 37.2 Å². The Kier molecular flexibility index (Phi) is 18.1. The second-order valence-corrected chi connectivity index (χ2v) is 27.3. The van der Waals surface area contributed by atoms with Gasteiger partial charge in [-0.25, -0.2) is 33.5 Å². The van der Waals surface area contributed by atoms with Crippen molar-refractivity contribution in [1.82, 2.24) is 24.8 Å². The zero-order chi connectivity index (χ0) is 54.2. The van der Waals surface area contributed by atoms with Gasteiger partial charge in [-0.05, 0) is 115 Å². The first-order valence-corrected chi connectivity index (χ1v) is 29.3. The van der Waals surface area contributed by atoms with Gasteiger partial charge in [0.25, 0.3) is 11.8 Å². The number of carbonyl (C=O) groups is 3. The normalized spacial score (nSPS) is 16.9. The minimum absolute atomic E-state index is 0.0101.